The highest BCUT2D eigenvalue weighted by Crippen LogP contribution is 2.33. The van der Waals surface area contributed by atoms with Gasteiger partial charge in [0.15, 0.2) is 0 Å². The van der Waals surface area contributed by atoms with Crippen LogP contribution in [0.3, 0.4) is 0 Å². The second-order valence-corrected chi connectivity index (χ2v) is 6.62. The standard InChI is InChI=1S/C16H20NP/c1-17-13-8-14-18(15-9-4-2-5-10-15)16-11-6-3-7-12-16/h2-7,9-12,17H,8,13-14H2,1H3. The molecule has 0 bridgehead atoms. The van der Waals surface area contributed by atoms with Crippen LogP contribution >= 0.6 is 7.92 Å². The van der Waals surface area contributed by atoms with E-state index in [0.717, 1.165) is 6.54 Å². The quantitative estimate of drug-likeness (QED) is 0.620. The number of hydrogen-bond acceptors (Lipinski definition) is 1. The molecule has 18 heavy (non-hydrogen) atoms. The smallest absolute Gasteiger partial charge is 0.00484 e. The van der Waals surface area contributed by atoms with Crippen molar-refractivity contribution in [3.8, 4) is 0 Å². The van der Waals surface area contributed by atoms with E-state index in [1.807, 2.05) is 7.05 Å². The van der Waals surface area contributed by atoms with Gasteiger partial charge in [-0.1, -0.05) is 60.7 Å². The molecule has 0 amide bonds. The van der Waals surface area contributed by atoms with E-state index in [1.165, 1.54) is 23.2 Å². The fourth-order valence-corrected chi connectivity index (χ4v) is 4.39. The van der Waals surface area contributed by atoms with E-state index in [9.17, 15) is 0 Å². The lowest BCUT2D eigenvalue weighted by molar-refractivity contribution is 0.777. The Morgan fingerprint density at radius 1 is 0.833 bits per heavy atom. The molecule has 0 spiro atoms. The molecule has 0 fully saturated rings. The van der Waals surface area contributed by atoms with Gasteiger partial charge in [0.1, 0.15) is 0 Å². The third-order valence-corrected chi connectivity index (χ3v) is 5.55. The van der Waals surface area contributed by atoms with E-state index >= 15 is 0 Å². The van der Waals surface area contributed by atoms with Crippen LogP contribution in [0.4, 0.5) is 0 Å². The minimum absolute atomic E-state index is 0.202. The predicted molar refractivity (Wildman–Crippen MR) is 82.5 cm³/mol. The van der Waals surface area contributed by atoms with Gasteiger partial charge in [-0.15, -0.1) is 0 Å². The van der Waals surface area contributed by atoms with Gasteiger partial charge in [-0.2, -0.15) is 0 Å². The Balaban J connectivity index is 2.18. The summed E-state index contributed by atoms with van der Waals surface area (Å²) in [6.45, 7) is 1.10. The summed E-state index contributed by atoms with van der Waals surface area (Å²) in [6.07, 6.45) is 2.48. The monoisotopic (exact) mass is 257 g/mol. The Hall–Kier alpha value is -1.17. The molecule has 0 aliphatic carbocycles. The summed E-state index contributed by atoms with van der Waals surface area (Å²) in [5.41, 5.74) is 0. The highest BCUT2D eigenvalue weighted by molar-refractivity contribution is 7.73. The van der Waals surface area contributed by atoms with Crippen molar-refractivity contribution in [2.75, 3.05) is 19.8 Å². The molecule has 2 aromatic rings. The Kier molecular flexibility index (Phi) is 5.38. The van der Waals surface area contributed by atoms with Gasteiger partial charge in [0, 0.05) is 0 Å². The first-order valence-corrected chi connectivity index (χ1v) is 7.97. The van der Waals surface area contributed by atoms with Crippen LogP contribution in [0.15, 0.2) is 60.7 Å². The van der Waals surface area contributed by atoms with Crippen molar-refractivity contribution < 1.29 is 0 Å². The summed E-state index contributed by atoms with van der Waals surface area (Å²) in [4.78, 5) is 0. The third-order valence-electron chi connectivity index (χ3n) is 2.94. The molecule has 1 nitrogen and oxygen atoms in total. The lowest BCUT2D eigenvalue weighted by atomic mass is 10.4. The van der Waals surface area contributed by atoms with Crippen LogP contribution in [0, 0.1) is 0 Å². The summed E-state index contributed by atoms with van der Waals surface area (Å²) >= 11 is 0. The predicted octanol–water partition coefficient (Wildman–Crippen LogP) is 2.73. The van der Waals surface area contributed by atoms with E-state index in [1.54, 1.807) is 0 Å². The van der Waals surface area contributed by atoms with Crippen LogP contribution in [0.1, 0.15) is 6.42 Å². The van der Waals surface area contributed by atoms with Crippen LogP contribution in [0.25, 0.3) is 0 Å². The molecule has 0 aromatic heterocycles. The normalized spacial score (nSPS) is 10.8. The van der Waals surface area contributed by atoms with Crippen LogP contribution in [0.2, 0.25) is 0 Å². The number of hydrogen-bond donors (Lipinski definition) is 1. The number of benzene rings is 2. The van der Waals surface area contributed by atoms with Gasteiger partial charge in [-0.05, 0) is 44.7 Å². The minimum Gasteiger partial charge on any atom is -0.320 e. The fraction of sp³-hybridized carbons (Fsp3) is 0.250. The van der Waals surface area contributed by atoms with E-state index < -0.39 is 0 Å². The Morgan fingerprint density at radius 3 is 1.78 bits per heavy atom. The van der Waals surface area contributed by atoms with Crippen molar-refractivity contribution >= 4 is 18.5 Å². The van der Waals surface area contributed by atoms with Crippen molar-refractivity contribution in [2.45, 2.75) is 6.42 Å². The Labute approximate surface area is 111 Å². The largest absolute Gasteiger partial charge is 0.320 e. The van der Waals surface area contributed by atoms with Gasteiger partial charge < -0.3 is 5.32 Å². The molecule has 94 valence electrons. The van der Waals surface area contributed by atoms with Gasteiger partial charge in [-0.3, -0.25) is 0 Å². The van der Waals surface area contributed by atoms with Crippen LogP contribution in [-0.4, -0.2) is 19.8 Å². The highest BCUT2D eigenvalue weighted by atomic mass is 31.1. The Bertz CT molecular complexity index is 402. The lowest BCUT2D eigenvalue weighted by Crippen LogP contribution is -2.16. The Morgan fingerprint density at radius 2 is 1.33 bits per heavy atom. The van der Waals surface area contributed by atoms with E-state index in [0.29, 0.717) is 0 Å². The maximum absolute atomic E-state index is 3.24. The maximum Gasteiger partial charge on any atom is -0.00484 e. The molecule has 2 heteroatoms. The summed E-state index contributed by atoms with van der Waals surface area (Å²) < 4.78 is 0. The van der Waals surface area contributed by atoms with Crippen molar-refractivity contribution in [2.24, 2.45) is 0 Å². The lowest BCUT2D eigenvalue weighted by Gasteiger charge is -2.18. The highest BCUT2D eigenvalue weighted by Gasteiger charge is 2.12. The van der Waals surface area contributed by atoms with E-state index in [4.69, 9.17) is 0 Å². The summed E-state index contributed by atoms with van der Waals surface area (Å²) in [7, 11) is 1.82. The average molecular weight is 257 g/mol. The number of nitrogens with one attached hydrogen (secondary N) is 1. The van der Waals surface area contributed by atoms with E-state index in [2.05, 4.69) is 66.0 Å². The van der Waals surface area contributed by atoms with Gasteiger partial charge >= 0.3 is 0 Å². The van der Waals surface area contributed by atoms with Gasteiger partial charge in [0.2, 0.25) is 0 Å². The van der Waals surface area contributed by atoms with Crippen LogP contribution in [-0.2, 0) is 0 Å². The maximum atomic E-state index is 3.24. The molecule has 0 saturated carbocycles. The van der Waals surface area contributed by atoms with Gasteiger partial charge in [0.25, 0.3) is 0 Å². The summed E-state index contributed by atoms with van der Waals surface area (Å²) in [5, 5.41) is 6.20. The molecule has 0 heterocycles. The molecule has 2 rings (SSSR count). The first kappa shape index (κ1) is 13.3. The van der Waals surface area contributed by atoms with Gasteiger partial charge in [-0.25, -0.2) is 0 Å². The van der Waals surface area contributed by atoms with Crippen molar-refractivity contribution in [1.82, 2.24) is 5.32 Å². The molecule has 2 aromatic carbocycles. The third kappa shape index (κ3) is 3.66. The minimum atomic E-state index is -0.202. The molecule has 0 atom stereocenters. The van der Waals surface area contributed by atoms with Gasteiger partial charge in [0.05, 0.1) is 0 Å². The van der Waals surface area contributed by atoms with Crippen LogP contribution in [0.5, 0.6) is 0 Å². The zero-order valence-electron chi connectivity index (χ0n) is 10.8. The average Bonchev–Trinajstić information content (AvgIpc) is 2.46. The second-order valence-electron chi connectivity index (χ2n) is 4.28. The zero-order valence-corrected chi connectivity index (χ0v) is 11.7. The fourth-order valence-electron chi connectivity index (χ4n) is 2.04. The molecular weight excluding hydrogens is 237 g/mol. The topological polar surface area (TPSA) is 12.0 Å². The summed E-state index contributed by atoms with van der Waals surface area (Å²) in [6, 6.07) is 21.8. The second kappa shape index (κ2) is 7.31. The SMILES string of the molecule is CNCCCP(c1ccccc1)c1ccccc1. The van der Waals surface area contributed by atoms with Crippen molar-refractivity contribution in [3.05, 3.63) is 60.7 Å². The molecule has 0 radical (unpaired) electrons. The first-order chi connectivity index (χ1) is 8.92. The molecule has 0 unspecified atom stereocenters. The summed E-state index contributed by atoms with van der Waals surface area (Å²) in [5.74, 6) is 0. The first-order valence-electron chi connectivity index (χ1n) is 6.44. The van der Waals surface area contributed by atoms with E-state index in [-0.39, 0.29) is 7.92 Å². The molecule has 0 saturated heterocycles. The van der Waals surface area contributed by atoms with Crippen molar-refractivity contribution in [1.29, 1.82) is 0 Å². The van der Waals surface area contributed by atoms with Crippen molar-refractivity contribution in [3.63, 3.8) is 0 Å². The van der Waals surface area contributed by atoms with Crippen LogP contribution < -0.4 is 15.9 Å². The number of rotatable bonds is 6. The molecule has 1 N–H and O–H groups in total. The zero-order chi connectivity index (χ0) is 12.6. The molecular formula is C16H20NP. The molecule has 0 aliphatic heterocycles. The molecule has 0 aliphatic rings.